The van der Waals surface area contributed by atoms with Gasteiger partial charge in [0.15, 0.2) is 5.75 Å². The molecule has 0 unspecified atom stereocenters. The molecule has 0 spiro atoms. The molecule has 1 aromatic carbocycles. The van der Waals surface area contributed by atoms with E-state index in [1.54, 1.807) is 12.1 Å². The summed E-state index contributed by atoms with van der Waals surface area (Å²) in [5.41, 5.74) is 1.71. The van der Waals surface area contributed by atoms with Crippen molar-refractivity contribution in [2.75, 3.05) is 25.0 Å². The number of H-pyrrole nitrogens is 1. The van der Waals surface area contributed by atoms with Gasteiger partial charge in [0.2, 0.25) is 11.9 Å². The van der Waals surface area contributed by atoms with Gasteiger partial charge in [-0.05, 0) is 38.1 Å². The third kappa shape index (κ3) is 4.49. The third-order valence-electron chi connectivity index (χ3n) is 4.63. The number of nitrogens with zero attached hydrogens (tertiary/aromatic N) is 4. The second kappa shape index (κ2) is 8.10. The molecule has 1 aliphatic heterocycles. The maximum atomic E-state index is 12.4. The van der Waals surface area contributed by atoms with Crippen LogP contribution in [-0.4, -0.2) is 61.5 Å². The average molecular weight is 419 g/mol. The van der Waals surface area contributed by atoms with Crippen LogP contribution >= 0.6 is 11.6 Å². The number of benzene rings is 1. The number of carbonyl (C=O) groups excluding carboxylic acids is 1. The second-order valence-electron chi connectivity index (χ2n) is 6.78. The minimum atomic E-state index is -1.43. The van der Waals surface area contributed by atoms with Gasteiger partial charge in [0.25, 0.3) is 0 Å². The van der Waals surface area contributed by atoms with E-state index in [2.05, 4.69) is 30.0 Å². The van der Waals surface area contributed by atoms with Crippen LogP contribution in [0.3, 0.4) is 0 Å². The molecule has 152 valence electrons. The topological polar surface area (TPSA) is 125 Å². The smallest absolute Gasteiger partial charge is 0.449 e. The highest BCUT2D eigenvalue weighted by molar-refractivity contribution is 6.34. The Kier molecular flexibility index (Phi) is 5.36. The number of piperidine rings is 1. The zero-order chi connectivity index (χ0) is 20.4. The molecule has 1 fully saturated rings. The molecule has 10 nitrogen and oxygen atoms in total. The van der Waals surface area contributed by atoms with Gasteiger partial charge in [-0.1, -0.05) is 18.0 Å². The number of carbonyl (C=O) groups is 2. The molecule has 0 saturated carbocycles. The first-order chi connectivity index (χ1) is 14.0. The molecule has 4 rings (SSSR count). The lowest BCUT2D eigenvalue weighted by Crippen LogP contribution is -2.36. The van der Waals surface area contributed by atoms with Crippen molar-refractivity contribution in [1.82, 2.24) is 24.6 Å². The monoisotopic (exact) mass is 418 g/mol. The van der Waals surface area contributed by atoms with Crippen LogP contribution in [0.2, 0.25) is 5.02 Å². The standard InChI is InChI=1S/C18H19ClN6O4/c19-12-6-14-15(7-13(12)21-16(26)10-24-4-2-1-3-5-24)23-17(22-14)25-9-11(8-20-25)29-18(27)28/h6-9H,1-5,10H2,(H,21,26)(H,22,23)(H,27,28). The highest BCUT2D eigenvalue weighted by Crippen LogP contribution is 2.28. The van der Waals surface area contributed by atoms with Crippen LogP contribution in [-0.2, 0) is 4.79 Å². The molecule has 29 heavy (non-hydrogen) atoms. The molecule has 1 amide bonds. The number of aromatic nitrogens is 4. The fraction of sp³-hybridized carbons (Fsp3) is 0.333. The zero-order valence-electron chi connectivity index (χ0n) is 15.4. The van der Waals surface area contributed by atoms with Crippen LogP contribution in [0.5, 0.6) is 5.75 Å². The number of aromatic amines is 1. The van der Waals surface area contributed by atoms with Gasteiger partial charge >= 0.3 is 6.16 Å². The van der Waals surface area contributed by atoms with Gasteiger partial charge in [-0.15, -0.1) is 0 Å². The maximum Gasteiger partial charge on any atom is 0.511 e. The molecular formula is C18H19ClN6O4. The number of hydrogen-bond donors (Lipinski definition) is 3. The number of amides is 1. The Morgan fingerprint density at radius 3 is 2.83 bits per heavy atom. The minimum absolute atomic E-state index is 0.0710. The Hall–Kier alpha value is -3.11. The maximum absolute atomic E-state index is 12.4. The molecule has 0 radical (unpaired) electrons. The van der Waals surface area contributed by atoms with Gasteiger partial charge in [-0.25, -0.2) is 14.5 Å². The number of anilines is 1. The summed E-state index contributed by atoms with van der Waals surface area (Å²) < 4.78 is 5.90. The van der Waals surface area contributed by atoms with Crippen molar-refractivity contribution in [2.45, 2.75) is 19.3 Å². The zero-order valence-corrected chi connectivity index (χ0v) is 16.1. The number of hydrogen-bond acceptors (Lipinski definition) is 6. The Bertz CT molecular complexity index is 1060. The summed E-state index contributed by atoms with van der Waals surface area (Å²) in [6, 6.07) is 3.35. The van der Waals surface area contributed by atoms with Crippen LogP contribution in [0.1, 0.15) is 19.3 Å². The molecule has 3 N–H and O–H groups in total. The van der Waals surface area contributed by atoms with Crippen molar-refractivity contribution in [3.63, 3.8) is 0 Å². The first kappa shape index (κ1) is 19.2. The summed E-state index contributed by atoms with van der Waals surface area (Å²) in [7, 11) is 0. The molecule has 1 saturated heterocycles. The Balaban J connectivity index is 1.51. The van der Waals surface area contributed by atoms with E-state index in [9.17, 15) is 9.59 Å². The molecule has 1 aliphatic rings. The number of nitrogens with one attached hydrogen (secondary N) is 2. The van der Waals surface area contributed by atoms with Gasteiger partial charge in [-0.2, -0.15) is 5.10 Å². The largest absolute Gasteiger partial charge is 0.511 e. The van der Waals surface area contributed by atoms with E-state index in [1.165, 1.54) is 23.5 Å². The van der Waals surface area contributed by atoms with Crippen LogP contribution in [0.15, 0.2) is 24.5 Å². The van der Waals surface area contributed by atoms with Crippen LogP contribution in [0.4, 0.5) is 10.5 Å². The lowest BCUT2D eigenvalue weighted by atomic mass is 10.1. The van der Waals surface area contributed by atoms with Gasteiger partial charge in [0, 0.05) is 0 Å². The van der Waals surface area contributed by atoms with Crippen LogP contribution < -0.4 is 10.1 Å². The number of imidazole rings is 1. The summed E-state index contributed by atoms with van der Waals surface area (Å²) in [6.07, 6.45) is 4.66. The van der Waals surface area contributed by atoms with Crippen molar-refractivity contribution < 1.29 is 19.4 Å². The molecule has 3 aromatic rings. The molecule has 2 aromatic heterocycles. The number of fused-ring (bicyclic) bond motifs is 1. The molecule has 0 aliphatic carbocycles. The van der Waals surface area contributed by atoms with Crippen LogP contribution in [0.25, 0.3) is 17.0 Å². The van der Waals surface area contributed by atoms with Crippen LogP contribution in [0, 0.1) is 0 Å². The Morgan fingerprint density at radius 2 is 2.07 bits per heavy atom. The molecule has 3 heterocycles. The highest BCUT2D eigenvalue weighted by Gasteiger charge is 2.16. The highest BCUT2D eigenvalue weighted by atomic mass is 35.5. The quantitative estimate of drug-likeness (QED) is 0.544. The number of likely N-dealkylation sites (tertiary alicyclic amines) is 1. The lowest BCUT2D eigenvalue weighted by Gasteiger charge is -2.25. The van der Waals surface area contributed by atoms with Crippen molar-refractivity contribution in [3.05, 3.63) is 29.5 Å². The van der Waals surface area contributed by atoms with E-state index in [-0.39, 0.29) is 11.7 Å². The minimum Gasteiger partial charge on any atom is -0.449 e. The predicted octanol–water partition coefficient (Wildman–Crippen LogP) is 2.88. The molecule has 11 heteroatoms. The third-order valence-corrected chi connectivity index (χ3v) is 4.94. The summed E-state index contributed by atoms with van der Waals surface area (Å²) in [6.45, 7) is 2.19. The predicted molar refractivity (Wildman–Crippen MR) is 106 cm³/mol. The normalized spacial score (nSPS) is 14.8. The number of ether oxygens (including phenoxy) is 1. The van der Waals surface area contributed by atoms with Gasteiger partial charge in [-0.3, -0.25) is 9.69 Å². The Labute approximate surface area is 170 Å². The van der Waals surface area contributed by atoms with E-state index >= 15 is 0 Å². The summed E-state index contributed by atoms with van der Waals surface area (Å²) in [5.74, 6) is 0.307. The number of carboxylic acid groups (broad SMARTS) is 1. The van der Waals surface area contributed by atoms with E-state index in [0.29, 0.717) is 34.2 Å². The molecular weight excluding hydrogens is 400 g/mol. The van der Waals surface area contributed by atoms with Crippen molar-refractivity contribution in [2.24, 2.45) is 0 Å². The number of halogens is 1. The fourth-order valence-corrected chi connectivity index (χ4v) is 3.52. The molecule has 0 bridgehead atoms. The number of rotatable bonds is 5. The van der Waals surface area contributed by atoms with E-state index in [4.69, 9.17) is 16.7 Å². The Morgan fingerprint density at radius 1 is 1.28 bits per heavy atom. The van der Waals surface area contributed by atoms with E-state index < -0.39 is 6.16 Å². The van der Waals surface area contributed by atoms with Crippen molar-refractivity contribution in [1.29, 1.82) is 0 Å². The lowest BCUT2D eigenvalue weighted by molar-refractivity contribution is -0.117. The fourth-order valence-electron chi connectivity index (χ4n) is 3.31. The average Bonchev–Trinajstić information content (AvgIpc) is 3.29. The second-order valence-corrected chi connectivity index (χ2v) is 7.19. The first-order valence-electron chi connectivity index (χ1n) is 9.15. The van der Waals surface area contributed by atoms with Gasteiger partial charge in [0.1, 0.15) is 0 Å². The van der Waals surface area contributed by atoms with Gasteiger partial charge < -0.3 is 20.1 Å². The van der Waals surface area contributed by atoms with Gasteiger partial charge in [0.05, 0.1) is 40.7 Å². The summed E-state index contributed by atoms with van der Waals surface area (Å²) in [5, 5.41) is 15.9. The first-order valence-corrected chi connectivity index (χ1v) is 9.53. The SMILES string of the molecule is O=C(CN1CCCCC1)Nc1cc2nc(-n3cc(OC(=O)O)cn3)[nH]c2cc1Cl. The van der Waals surface area contributed by atoms with Crippen molar-refractivity contribution in [3.8, 4) is 11.7 Å². The van der Waals surface area contributed by atoms with Crippen molar-refractivity contribution >= 4 is 40.4 Å². The summed E-state index contributed by atoms with van der Waals surface area (Å²) in [4.78, 5) is 32.6. The molecule has 0 atom stereocenters. The van der Waals surface area contributed by atoms with E-state index in [0.717, 1.165) is 25.9 Å². The van der Waals surface area contributed by atoms with E-state index in [1.807, 2.05) is 0 Å². The summed E-state index contributed by atoms with van der Waals surface area (Å²) >= 11 is 6.32.